The number of fused-ring (bicyclic) bond motifs is 1. The number of esters is 2. The molecule has 0 aliphatic rings. The van der Waals surface area contributed by atoms with E-state index in [2.05, 4.69) is 0 Å². The van der Waals surface area contributed by atoms with Gasteiger partial charge in [0.1, 0.15) is 11.5 Å². The highest BCUT2D eigenvalue weighted by molar-refractivity contribution is 6.31. The highest BCUT2D eigenvalue weighted by Crippen LogP contribution is 2.54. The van der Waals surface area contributed by atoms with Crippen LogP contribution in [-0.4, -0.2) is 11.9 Å². The van der Waals surface area contributed by atoms with Crippen LogP contribution >= 0.6 is 11.6 Å². The molecule has 0 heterocycles. The SMILES string of the molecule is CC(=O)Oc1c(Oc2ccccc2)c(Oc2ccccc2)c(OC(=O)CC(C)C)c2cc(Cl)ccc12. The monoisotopic (exact) mass is 504 g/mol. The van der Waals surface area contributed by atoms with Gasteiger partial charge >= 0.3 is 11.9 Å². The Morgan fingerprint density at radius 3 is 1.75 bits per heavy atom. The minimum atomic E-state index is -0.556. The molecule has 0 fully saturated rings. The lowest BCUT2D eigenvalue weighted by molar-refractivity contribution is -0.135. The Hall–Kier alpha value is -4.03. The van der Waals surface area contributed by atoms with Gasteiger partial charge in [0.25, 0.3) is 0 Å². The number of para-hydroxylation sites is 2. The van der Waals surface area contributed by atoms with Crippen molar-refractivity contribution in [2.75, 3.05) is 0 Å². The maximum Gasteiger partial charge on any atom is 0.311 e. The Morgan fingerprint density at radius 1 is 0.722 bits per heavy atom. The zero-order valence-corrected chi connectivity index (χ0v) is 20.9. The van der Waals surface area contributed by atoms with Crippen LogP contribution in [0.1, 0.15) is 27.2 Å². The summed E-state index contributed by atoms with van der Waals surface area (Å²) in [5.41, 5.74) is 0. The average molecular weight is 505 g/mol. The van der Waals surface area contributed by atoms with E-state index in [1.165, 1.54) is 6.92 Å². The molecule has 184 valence electrons. The number of benzene rings is 4. The molecule has 0 saturated heterocycles. The van der Waals surface area contributed by atoms with Crippen LogP contribution in [0.2, 0.25) is 5.02 Å². The Kier molecular flexibility index (Phi) is 7.76. The summed E-state index contributed by atoms with van der Waals surface area (Å²) in [5.74, 6) is 0.399. The third kappa shape index (κ3) is 5.96. The van der Waals surface area contributed by atoms with Gasteiger partial charge in [-0.05, 0) is 48.4 Å². The minimum absolute atomic E-state index is 0.0752. The van der Waals surface area contributed by atoms with Crippen molar-refractivity contribution < 1.29 is 28.5 Å². The first-order valence-corrected chi connectivity index (χ1v) is 11.8. The predicted octanol–water partition coefficient (Wildman–Crippen LogP) is 7.95. The van der Waals surface area contributed by atoms with E-state index < -0.39 is 11.9 Å². The Balaban J connectivity index is 2.04. The van der Waals surface area contributed by atoms with Gasteiger partial charge in [0.05, 0.1) is 0 Å². The van der Waals surface area contributed by atoms with E-state index in [1.54, 1.807) is 42.5 Å². The molecule has 4 aromatic rings. The fraction of sp³-hybridized carbons (Fsp3) is 0.172. The number of halogens is 1. The molecule has 0 N–H and O–H groups in total. The molecule has 7 heteroatoms. The van der Waals surface area contributed by atoms with Crippen molar-refractivity contribution in [3.05, 3.63) is 83.9 Å². The molecule has 6 nitrogen and oxygen atoms in total. The molecular weight excluding hydrogens is 480 g/mol. The standard InChI is InChI=1S/C29H25ClO6/c1-18(2)16-25(32)36-27-24-17-20(30)14-15-23(24)26(33-19(3)31)28(34-21-10-6-4-7-11-21)29(27)35-22-12-8-5-9-13-22/h4-15,17-18H,16H2,1-3H3. The van der Waals surface area contributed by atoms with Crippen molar-refractivity contribution in [1.29, 1.82) is 0 Å². The van der Waals surface area contributed by atoms with Crippen molar-refractivity contribution in [3.63, 3.8) is 0 Å². The van der Waals surface area contributed by atoms with Crippen LogP contribution in [0.5, 0.6) is 34.5 Å². The predicted molar refractivity (Wildman–Crippen MR) is 138 cm³/mol. The summed E-state index contributed by atoms with van der Waals surface area (Å²) in [7, 11) is 0. The van der Waals surface area contributed by atoms with Crippen molar-refractivity contribution in [2.45, 2.75) is 27.2 Å². The van der Waals surface area contributed by atoms with Gasteiger partial charge < -0.3 is 18.9 Å². The Labute approximate surface area is 214 Å². The van der Waals surface area contributed by atoms with Crippen molar-refractivity contribution in [2.24, 2.45) is 5.92 Å². The molecule has 0 spiro atoms. The number of rotatable bonds is 8. The second kappa shape index (κ2) is 11.1. The van der Waals surface area contributed by atoms with E-state index in [0.29, 0.717) is 27.3 Å². The summed E-state index contributed by atoms with van der Waals surface area (Å²) in [6, 6.07) is 22.9. The summed E-state index contributed by atoms with van der Waals surface area (Å²) in [6.45, 7) is 5.14. The van der Waals surface area contributed by atoms with E-state index >= 15 is 0 Å². The summed E-state index contributed by atoms with van der Waals surface area (Å²) in [4.78, 5) is 25.0. The second-order valence-corrected chi connectivity index (χ2v) is 8.94. The van der Waals surface area contributed by atoms with Crippen molar-refractivity contribution >= 4 is 34.3 Å². The average Bonchev–Trinajstić information content (AvgIpc) is 2.84. The number of hydrogen-bond donors (Lipinski definition) is 0. The molecule has 0 radical (unpaired) electrons. The first-order chi connectivity index (χ1) is 17.3. The zero-order valence-electron chi connectivity index (χ0n) is 20.1. The van der Waals surface area contributed by atoms with Gasteiger partial charge in [0.15, 0.2) is 11.5 Å². The van der Waals surface area contributed by atoms with Crippen LogP contribution in [0, 0.1) is 5.92 Å². The highest BCUT2D eigenvalue weighted by atomic mass is 35.5. The quantitative estimate of drug-likeness (QED) is 0.179. The molecule has 36 heavy (non-hydrogen) atoms. The summed E-state index contributed by atoms with van der Waals surface area (Å²) in [6.07, 6.45) is 0.188. The zero-order chi connectivity index (χ0) is 25.7. The van der Waals surface area contributed by atoms with Crippen LogP contribution < -0.4 is 18.9 Å². The number of carbonyl (C=O) groups is 2. The fourth-order valence-corrected chi connectivity index (χ4v) is 3.76. The third-order valence-electron chi connectivity index (χ3n) is 5.05. The van der Waals surface area contributed by atoms with E-state index in [1.807, 2.05) is 50.2 Å². The lowest BCUT2D eigenvalue weighted by Crippen LogP contribution is -2.13. The fourth-order valence-electron chi connectivity index (χ4n) is 3.59. The summed E-state index contributed by atoms with van der Waals surface area (Å²) >= 11 is 6.33. The number of carbonyl (C=O) groups excluding carboxylic acids is 2. The van der Waals surface area contributed by atoms with Crippen LogP contribution in [0.15, 0.2) is 78.9 Å². The van der Waals surface area contributed by atoms with Gasteiger partial charge in [-0.1, -0.05) is 61.8 Å². The van der Waals surface area contributed by atoms with Gasteiger partial charge in [0, 0.05) is 29.1 Å². The lowest BCUT2D eigenvalue weighted by atomic mass is 10.1. The molecule has 0 aliphatic carbocycles. The number of ether oxygens (including phenoxy) is 4. The van der Waals surface area contributed by atoms with E-state index in [0.717, 1.165) is 0 Å². The normalized spacial score (nSPS) is 10.8. The summed E-state index contributed by atoms with van der Waals surface area (Å²) in [5, 5.41) is 1.30. The molecule has 0 unspecified atom stereocenters. The van der Waals surface area contributed by atoms with E-state index in [-0.39, 0.29) is 35.3 Å². The molecule has 0 aliphatic heterocycles. The lowest BCUT2D eigenvalue weighted by Gasteiger charge is -2.21. The highest BCUT2D eigenvalue weighted by Gasteiger charge is 2.29. The van der Waals surface area contributed by atoms with Crippen molar-refractivity contribution in [1.82, 2.24) is 0 Å². The molecule has 0 atom stereocenters. The van der Waals surface area contributed by atoms with Gasteiger partial charge in [-0.3, -0.25) is 9.59 Å². The van der Waals surface area contributed by atoms with E-state index in [4.69, 9.17) is 30.5 Å². The van der Waals surface area contributed by atoms with Gasteiger partial charge in [-0.25, -0.2) is 0 Å². The second-order valence-electron chi connectivity index (χ2n) is 8.50. The number of hydrogen-bond acceptors (Lipinski definition) is 6. The van der Waals surface area contributed by atoms with E-state index in [9.17, 15) is 9.59 Å². The van der Waals surface area contributed by atoms with Gasteiger partial charge in [-0.2, -0.15) is 0 Å². The maximum absolute atomic E-state index is 12.9. The van der Waals surface area contributed by atoms with Crippen LogP contribution in [0.25, 0.3) is 10.8 Å². The topological polar surface area (TPSA) is 71.1 Å². The smallest absolute Gasteiger partial charge is 0.311 e. The molecule has 4 aromatic carbocycles. The van der Waals surface area contributed by atoms with Crippen LogP contribution in [0.3, 0.4) is 0 Å². The third-order valence-corrected chi connectivity index (χ3v) is 5.29. The minimum Gasteiger partial charge on any atom is -0.449 e. The van der Waals surface area contributed by atoms with Gasteiger partial charge in [-0.15, -0.1) is 0 Å². The Morgan fingerprint density at radius 2 is 1.25 bits per heavy atom. The maximum atomic E-state index is 12.9. The molecule has 0 aromatic heterocycles. The first-order valence-electron chi connectivity index (χ1n) is 11.5. The van der Waals surface area contributed by atoms with Gasteiger partial charge in [0.2, 0.25) is 11.5 Å². The molecular formula is C29H25ClO6. The van der Waals surface area contributed by atoms with Crippen LogP contribution in [0.4, 0.5) is 0 Å². The largest absolute Gasteiger partial charge is 0.449 e. The Bertz CT molecular complexity index is 1380. The summed E-state index contributed by atoms with van der Waals surface area (Å²) < 4.78 is 24.0. The molecule has 0 amide bonds. The van der Waals surface area contributed by atoms with Crippen molar-refractivity contribution in [3.8, 4) is 34.5 Å². The van der Waals surface area contributed by atoms with Crippen LogP contribution in [-0.2, 0) is 9.59 Å². The molecule has 0 bridgehead atoms. The first kappa shape index (κ1) is 25.1. The molecule has 4 rings (SSSR count). The molecule has 0 saturated carbocycles.